The summed E-state index contributed by atoms with van der Waals surface area (Å²) in [6, 6.07) is 18.8. The number of carbonyl (C=O) groups excluding carboxylic acids is 1. The molecule has 0 spiro atoms. The molecular weight excluding hydrogens is 505 g/mol. The monoisotopic (exact) mass is 531 g/mol. The summed E-state index contributed by atoms with van der Waals surface area (Å²) in [7, 11) is 0. The van der Waals surface area contributed by atoms with Crippen LogP contribution >= 0.6 is 0 Å². The second-order valence-corrected chi connectivity index (χ2v) is 9.70. The van der Waals surface area contributed by atoms with Gasteiger partial charge in [0.15, 0.2) is 12.4 Å². The molecule has 1 saturated heterocycles. The summed E-state index contributed by atoms with van der Waals surface area (Å²) < 4.78 is 28.0. The number of fused-ring (bicyclic) bond motifs is 4. The van der Waals surface area contributed by atoms with E-state index in [4.69, 9.17) is 9.47 Å². The van der Waals surface area contributed by atoms with E-state index in [1.807, 2.05) is 54.6 Å². The van der Waals surface area contributed by atoms with Gasteiger partial charge >= 0.3 is 5.69 Å². The van der Waals surface area contributed by atoms with Crippen LogP contribution in [0.4, 0.5) is 4.39 Å². The van der Waals surface area contributed by atoms with Gasteiger partial charge in [-0.05, 0) is 17.9 Å². The molecule has 1 aromatic heterocycles. The number of para-hydroxylation sites is 1. The summed E-state index contributed by atoms with van der Waals surface area (Å²) >= 11 is 0. The fraction of sp³-hybridized carbons (Fsp3) is 0.276. The van der Waals surface area contributed by atoms with Crippen LogP contribution in [-0.2, 0) is 16.0 Å². The van der Waals surface area contributed by atoms with Crippen LogP contribution in [-0.4, -0.2) is 45.5 Å². The summed E-state index contributed by atoms with van der Waals surface area (Å²) in [6.45, 7) is 1.53. The smallest absolute Gasteiger partial charge is 0.330 e. The number of rotatable bonds is 5. The van der Waals surface area contributed by atoms with Crippen LogP contribution in [0.25, 0.3) is 10.8 Å². The number of aliphatic hydroxyl groups excluding tert-OH is 1. The Morgan fingerprint density at radius 1 is 1.08 bits per heavy atom. The largest absolute Gasteiger partial charge is 0.456 e. The Labute approximate surface area is 221 Å². The van der Waals surface area contributed by atoms with Gasteiger partial charge in [-0.2, -0.15) is 0 Å². The maximum absolute atomic E-state index is 15.1. The normalized spacial score (nSPS) is 23.6. The molecule has 6 rings (SSSR count). The van der Waals surface area contributed by atoms with Crippen molar-refractivity contribution in [3.05, 3.63) is 104 Å². The van der Waals surface area contributed by atoms with Gasteiger partial charge < -0.3 is 19.9 Å². The van der Waals surface area contributed by atoms with E-state index in [9.17, 15) is 19.5 Å². The molecule has 2 aliphatic rings. The van der Waals surface area contributed by atoms with Crippen LogP contribution in [0, 0.1) is 0 Å². The number of carbonyl (C=O) groups is 1. The minimum atomic E-state index is -1.95. The van der Waals surface area contributed by atoms with Gasteiger partial charge in [-0.25, -0.2) is 9.18 Å². The quantitative estimate of drug-likeness (QED) is 0.364. The third-order valence-corrected chi connectivity index (χ3v) is 7.39. The number of nitrogens with one attached hydrogen (secondary N) is 2. The van der Waals surface area contributed by atoms with Crippen LogP contribution < -0.4 is 21.3 Å². The van der Waals surface area contributed by atoms with E-state index >= 15 is 4.39 Å². The molecule has 9 nitrogen and oxygen atoms in total. The third-order valence-electron chi connectivity index (χ3n) is 7.39. The minimum absolute atomic E-state index is 0.196. The van der Waals surface area contributed by atoms with Gasteiger partial charge in [0.1, 0.15) is 23.7 Å². The van der Waals surface area contributed by atoms with Gasteiger partial charge in [-0.15, -0.1) is 0 Å². The molecule has 0 saturated carbocycles. The number of H-pyrrole nitrogens is 1. The van der Waals surface area contributed by atoms with Crippen molar-refractivity contribution in [2.75, 3.05) is 6.54 Å². The highest BCUT2D eigenvalue weighted by atomic mass is 19.1. The molecule has 10 heteroatoms. The molecule has 4 aromatic rings. The average molecular weight is 532 g/mol. The van der Waals surface area contributed by atoms with E-state index in [1.165, 1.54) is 6.20 Å². The number of aromatic nitrogens is 2. The van der Waals surface area contributed by atoms with Gasteiger partial charge in [-0.3, -0.25) is 19.1 Å². The van der Waals surface area contributed by atoms with Gasteiger partial charge in [0, 0.05) is 34.8 Å². The lowest BCUT2D eigenvalue weighted by Crippen LogP contribution is -2.41. The lowest BCUT2D eigenvalue weighted by molar-refractivity contribution is -0.123. The highest BCUT2D eigenvalue weighted by Crippen LogP contribution is 2.47. The van der Waals surface area contributed by atoms with Crippen molar-refractivity contribution < 1.29 is 23.8 Å². The second kappa shape index (κ2) is 9.79. The summed E-state index contributed by atoms with van der Waals surface area (Å²) in [5.41, 5.74) is 0.247. The Hall–Kier alpha value is -4.28. The molecule has 3 heterocycles. The molecule has 3 aromatic carbocycles. The number of halogens is 1. The van der Waals surface area contributed by atoms with Crippen molar-refractivity contribution >= 4 is 16.7 Å². The summed E-state index contributed by atoms with van der Waals surface area (Å²) in [5, 5.41) is 15.2. The van der Waals surface area contributed by atoms with Crippen molar-refractivity contribution in [1.82, 2.24) is 14.9 Å². The molecule has 1 fully saturated rings. The van der Waals surface area contributed by atoms with Crippen LogP contribution in [0.1, 0.15) is 35.8 Å². The fourth-order valence-electron chi connectivity index (χ4n) is 5.34. The molecule has 2 aliphatic heterocycles. The minimum Gasteiger partial charge on any atom is -0.456 e. The van der Waals surface area contributed by atoms with Crippen molar-refractivity contribution in [1.29, 1.82) is 0 Å². The Balaban J connectivity index is 1.26. The molecule has 3 N–H and O–H groups in total. The highest BCUT2D eigenvalue weighted by molar-refractivity contribution is 5.96. The topological polar surface area (TPSA) is 123 Å². The lowest BCUT2D eigenvalue weighted by atomic mass is 9.85. The number of alkyl halides is 1. The van der Waals surface area contributed by atoms with Crippen LogP contribution in [0.2, 0.25) is 0 Å². The van der Waals surface area contributed by atoms with E-state index in [0.717, 1.165) is 15.3 Å². The number of aromatic amines is 1. The van der Waals surface area contributed by atoms with Crippen molar-refractivity contribution in [2.45, 2.75) is 43.9 Å². The van der Waals surface area contributed by atoms with Crippen LogP contribution in [0.3, 0.4) is 0 Å². The molecular formula is C29H26FN3O6. The first-order chi connectivity index (χ1) is 18.9. The van der Waals surface area contributed by atoms with Crippen molar-refractivity contribution in [2.24, 2.45) is 0 Å². The van der Waals surface area contributed by atoms with Crippen molar-refractivity contribution in [3.8, 4) is 11.5 Å². The summed E-state index contributed by atoms with van der Waals surface area (Å²) in [4.78, 5) is 40.1. The average Bonchev–Trinajstić information content (AvgIpc) is 3.23. The van der Waals surface area contributed by atoms with Gasteiger partial charge in [0.25, 0.3) is 5.56 Å². The number of nitrogens with zero attached hydrogens (tertiary/aromatic N) is 1. The number of benzene rings is 3. The number of hydrogen-bond donors (Lipinski definition) is 3. The van der Waals surface area contributed by atoms with E-state index in [0.29, 0.717) is 29.0 Å². The molecule has 0 radical (unpaired) electrons. The number of ether oxygens (including phenoxy) is 2. The highest BCUT2D eigenvalue weighted by Gasteiger charge is 2.46. The Kier molecular flexibility index (Phi) is 6.28. The first-order valence-electron chi connectivity index (χ1n) is 12.8. The van der Waals surface area contributed by atoms with E-state index < -0.39 is 41.8 Å². The maximum atomic E-state index is 15.1. The van der Waals surface area contributed by atoms with Gasteiger partial charge in [-0.1, -0.05) is 61.5 Å². The Morgan fingerprint density at radius 3 is 2.67 bits per heavy atom. The Morgan fingerprint density at radius 2 is 1.85 bits per heavy atom. The predicted molar refractivity (Wildman–Crippen MR) is 141 cm³/mol. The van der Waals surface area contributed by atoms with E-state index in [2.05, 4.69) is 10.3 Å². The maximum Gasteiger partial charge on any atom is 0.330 e. The van der Waals surface area contributed by atoms with Gasteiger partial charge in [0.2, 0.25) is 5.91 Å². The molecule has 200 valence electrons. The Bertz CT molecular complexity index is 1700. The SMILES string of the molecule is CCc1cn([C@@H]2O[C@H](CNC(=O)C3c4ccccc4Oc4c3ccc3ccccc43)[C@@H](O)[C@@H]2F)c(=O)[nH]c1=O. The van der Waals surface area contributed by atoms with Crippen LogP contribution in [0.15, 0.2) is 76.4 Å². The van der Waals surface area contributed by atoms with E-state index in [1.54, 1.807) is 13.0 Å². The molecule has 0 bridgehead atoms. The zero-order valence-electron chi connectivity index (χ0n) is 21.0. The van der Waals surface area contributed by atoms with Crippen molar-refractivity contribution in [3.63, 3.8) is 0 Å². The number of hydrogen-bond acceptors (Lipinski definition) is 6. The first kappa shape index (κ1) is 25.0. The zero-order chi connectivity index (χ0) is 27.3. The molecule has 39 heavy (non-hydrogen) atoms. The fourth-order valence-corrected chi connectivity index (χ4v) is 5.34. The molecule has 1 amide bonds. The summed E-state index contributed by atoms with van der Waals surface area (Å²) in [5.74, 6) is 0.0781. The number of aryl methyl sites for hydroxylation is 1. The second-order valence-electron chi connectivity index (χ2n) is 9.70. The predicted octanol–water partition coefficient (Wildman–Crippen LogP) is 2.90. The number of amides is 1. The molecule has 5 atom stereocenters. The van der Waals surface area contributed by atoms with Crippen LogP contribution in [0.5, 0.6) is 11.5 Å². The van der Waals surface area contributed by atoms with E-state index in [-0.39, 0.29) is 18.0 Å². The summed E-state index contributed by atoms with van der Waals surface area (Å²) in [6.07, 6.45) is -4.55. The first-order valence-corrected chi connectivity index (χ1v) is 12.8. The zero-order valence-corrected chi connectivity index (χ0v) is 21.0. The third kappa shape index (κ3) is 4.21. The standard InChI is InChI=1S/C29H26FN3O6/c1-2-15-14-33(29(37)32-26(15)35)28-23(30)24(34)21(39-28)13-31-27(36)22-18-9-5-6-10-20(18)38-25-17-8-4-3-7-16(17)11-12-19(22)25/h3-12,14,21-24,28,34H,2,13H2,1H3,(H,31,36)(H,32,35,37)/t21-,22?,23+,24-,28-/m1/s1. The molecule has 0 aliphatic carbocycles. The van der Waals surface area contributed by atoms with Gasteiger partial charge in [0.05, 0.1) is 5.92 Å². The number of aliphatic hydroxyl groups is 1. The lowest BCUT2D eigenvalue weighted by Gasteiger charge is -2.29. The molecule has 1 unspecified atom stereocenters.